The summed E-state index contributed by atoms with van der Waals surface area (Å²) in [6.45, 7) is 0.335. The minimum atomic E-state index is -0.489. The Morgan fingerprint density at radius 2 is 1.81 bits per heavy atom. The van der Waals surface area contributed by atoms with Gasteiger partial charge in [0.25, 0.3) is 5.56 Å². The molecular formula is C27H22ClF2N3O3. The Labute approximate surface area is 210 Å². The molecule has 0 spiro atoms. The molecular weight excluding hydrogens is 488 g/mol. The number of fused-ring (bicyclic) bond motifs is 3. The van der Waals surface area contributed by atoms with Gasteiger partial charge >= 0.3 is 0 Å². The van der Waals surface area contributed by atoms with E-state index in [1.54, 1.807) is 30.9 Å². The summed E-state index contributed by atoms with van der Waals surface area (Å²) in [5.74, 6) is 0.270. The molecule has 2 aromatic heterocycles. The molecule has 0 amide bonds. The number of halogens is 3. The van der Waals surface area contributed by atoms with Crippen LogP contribution in [0.3, 0.4) is 0 Å². The van der Waals surface area contributed by atoms with Crippen LogP contribution in [0.25, 0.3) is 21.9 Å². The lowest BCUT2D eigenvalue weighted by molar-refractivity contribution is 0.354. The average Bonchev–Trinajstić information content (AvgIpc) is 3.18. The van der Waals surface area contributed by atoms with Crippen molar-refractivity contribution in [1.29, 1.82) is 0 Å². The van der Waals surface area contributed by atoms with Gasteiger partial charge in [0.05, 0.1) is 32.6 Å². The Hall–Kier alpha value is -3.91. The molecule has 0 saturated heterocycles. The molecule has 6 nitrogen and oxygen atoms in total. The van der Waals surface area contributed by atoms with Gasteiger partial charge in [-0.3, -0.25) is 9.36 Å². The maximum absolute atomic E-state index is 14.6. The zero-order valence-electron chi connectivity index (χ0n) is 19.6. The summed E-state index contributed by atoms with van der Waals surface area (Å²) in [7, 11) is 3.13. The second kappa shape index (κ2) is 9.62. The van der Waals surface area contributed by atoms with Gasteiger partial charge < -0.3 is 14.0 Å². The highest BCUT2D eigenvalue weighted by Crippen LogP contribution is 2.30. The molecule has 5 aromatic rings. The van der Waals surface area contributed by atoms with Gasteiger partial charge in [0.15, 0.2) is 11.5 Å². The number of hydrogen-bond donors (Lipinski definition) is 0. The summed E-state index contributed by atoms with van der Waals surface area (Å²) in [5.41, 5.74) is 2.04. The average molecular weight is 510 g/mol. The van der Waals surface area contributed by atoms with Crippen LogP contribution in [-0.4, -0.2) is 28.3 Å². The standard InChI is InChI=1S/C27H22ClF2N3O3/c1-35-23-9-6-16(12-24(23)36-2)10-11-32-15-31-25-18-13-17(29)7-8-22(18)33(26(25)27(32)34)14-19-20(28)4-3-5-21(19)30/h3-9,12-13,15H,10-11,14H2,1-2H3. The molecule has 0 fully saturated rings. The fourth-order valence-electron chi connectivity index (χ4n) is 4.42. The minimum Gasteiger partial charge on any atom is -0.493 e. The Kier molecular flexibility index (Phi) is 6.36. The quantitative estimate of drug-likeness (QED) is 0.287. The number of ether oxygens (including phenoxy) is 2. The first-order chi connectivity index (χ1) is 17.4. The molecule has 5 rings (SSSR count). The van der Waals surface area contributed by atoms with E-state index in [0.717, 1.165) is 5.56 Å². The van der Waals surface area contributed by atoms with Crippen molar-refractivity contribution in [3.05, 3.63) is 99.1 Å². The summed E-state index contributed by atoms with van der Waals surface area (Å²) in [4.78, 5) is 18.1. The lowest BCUT2D eigenvalue weighted by Gasteiger charge is -2.12. The van der Waals surface area contributed by atoms with E-state index in [1.165, 1.54) is 35.2 Å². The number of benzene rings is 3. The molecule has 0 N–H and O–H groups in total. The molecule has 0 aliphatic heterocycles. The van der Waals surface area contributed by atoms with Crippen molar-refractivity contribution in [2.24, 2.45) is 0 Å². The van der Waals surface area contributed by atoms with Gasteiger partial charge in [-0.2, -0.15) is 0 Å². The molecule has 0 aliphatic carbocycles. The zero-order valence-corrected chi connectivity index (χ0v) is 20.4. The number of methoxy groups -OCH3 is 2. The summed E-state index contributed by atoms with van der Waals surface area (Å²) >= 11 is 6.28. The van der Waals surface area contributed by atoms with Crippen molar-refractivity contribution in [1.82, 2.24) is 14.1 Å². The SMILES string of the molecule is COc1ccc(CCn2cnc3c4cc(F)ccc4n(Cc4c(F)cccc4Cl)c3c2=O)cc1OC. The molecule has 0 radical (unpaired) electrons. The van der Waals surface area contributed by atoms with E-state index in [1.807, 2.05) is 18.2 Å². The molecule has 0 aliphatic rings. The van der Waals surface area contributed by atoms with E-state index in [-0.39, 0.29) is 28.2 Å². The third-order valence-corrected chi connectivity index (χ3v) is 6.61. The highest BCUT2D eigenvalue weighted by atomic mass is 35.5. The van der Waals surface area contributed by atoms with Crippen molar-refractivity contribution < 1.29 is 18.3 Å². The van der Waals surface area contributed by atoms with Crippen molar-refractivity contribution in [2.45, 2.75) is 19.5 Å². The predicted octanol–water partition coefficient (Wildman–Crippen LogP) is 5.59. The van der Waals surface area contributed by atoms with Gasteiger partial charge in [0.2, 0.25) is 0 Å². The zero-order chi connectivity index (χ0) is 25.4. The Morgan fingerprint density at radius 1 is 1.00 bits per heavy atom. The van der Waals surface area contributed by atoms with Gasteiger partial charge in [0.1, 0.15) is 22.7 Å². The van der Waals surface area contributed by atoms with E-state index in [4.69, 9.17) is 21.1 Å². The summed E-state index contributed by atoms with van der Waals surface area (Å²) < 4.78 is 42.5. The van der Waals surface area contributed by atoms with E-state index in [2.05, 4.69) is 4.98 Å². The smallest absolute Gasteiger partial charge is 0.277 e. The topological polar surface area (TPSA) is 58.3 Å². The number of hydrogen-bond acceptors (Lipinski definition) is 4. The van der Waals surface area contributed by atoms with Gasteiger partial charge in [-0.1, -0.05) is 23.7 Å². The molecule has 9 heteroatoms. The van der Waals surface area contributed by atoms with Crippen LogP contribution in [-0.2, 0) is 19.5 Å². The van der Waals surface area contributed by atoms with E-state index >= 15 is 0 Å². The summed E-state index contributed by atoms with van der Waals surface area (Å²) in [5, 5.41) is 0.714. The van der Waals surface area contributed by atoms with Crippen LogP contribution in [0.15, 0.2) is 65.7 Å². The lowest BCUT2D eigenvalue weighted by Crippen LogP contribution is -2.23. The largest absolute Gasteiger partial charge is 0.493 e. The maximum Gasteiger partial charge on any atom is 0.277 e. The van der Waals surface area contributed by atoms with E-state index in [9.17, 15) is 13.6 Å². The second-order valence-electron chi connectivity index (χ2n) is 8.33. The normalized spacial score (nSPS) is 11.4. The predicted molar refractivity (Wildman–Crippen MR) is 135 cm³/mol. The van der Waals surface area contributed by atoms with E-state index in [0.29, 0.717) is 40.9 Å². The fourth-order valence-corrected chi connectivity index (χ4v) is 4.65. The van der Waals surface area contributed by atoms with Crippen LogP contribution >= 0.6 is 11.6 Å². The molecule has 0 bridgehead atoms. The van der Waals surface area contributed by atoms with Crippen LogP contribution in [0.4, 0.5) is 8.78 Å². The van der Waals surface area contributed by atoms with E-state index < -0.39 is 11.6 Å². The summed E-state index contributed by atoms with van der Waals surface area (Å²) in [6, 6.07) is 14.2. The second-order valence-corrected chi connectivity index (χ2v) is 8.73. The van der Waals surface area contributed by atoms with Crippen LogP contribution in [0.2, 0.25) is 5.02 Å². The van der Waals surface area contributed by atoms with Gasteiger partial charge in [0, 0.05) is 22.5 Å². The minimum absolute atomic E-state index is 0.00620. The monoisotopic (exact) mass is 509 g/mol. The maximum atomic E-state index is 14.6. The first-order valence-electron chi connectivity index (χ1n) is 11.2. The number of rotatable bonds is 7. The Morgan fingerprint density at radius 3 is 2.56 bits per heavy atom. The Balaban J connectivity index is 1.60. The molecule has 0 unspecified atom stereocenters. The van der Waals surface area contributed by atoms with Crippen LogP contribution in [0.5, 0.6) is 11.5 Å². The van der Waals surface area contributed by atoms with Gasteiger partial charge in [-0.25, -0.2) is 13.8 Å². The first kappa shape index (κ1) is 23.8. The molecule has 0 saturated carbocycles. The summed E-state index contributed by atoms with van der Waals surface area (Å²) in [6.07, 6.45) is 1.98. The molecule has 36 heavy (non-hydrogen) atoms. The van der Waals surface area contributed by atoms with Crippen molar-refractivity contribution in [3.63, 3.8) is 0 Å². The number of nitrogens with zero attached hydrogens (tertiary/aromatic N) is 3. The highest BCUT2D eigenvalue weighted by molar-refractivity contribution is 6.31. The van der Waals surface area contributed by atoms with Crippen molar-refractivity contribution >= 4 is 33.5 Å². The third kappa shape index (κ3) is 4.18. The van der Waals surface area contributed by atoms with Crippen molar-refractivity contribution in [3.8, 4) is 11.5 Å². The van der Waals surface area contributed by atoms with Crippen LogP contribution < -0.4 is 15.0 Å². The molecule has 2 heterocycles. The molecule has 0 atom stereocenters. The fraction of sp³-hybridized carbons (Fsp3) is 0.185. The Bertz CT molecular complexity index is 1640. The van der Waals surface area contributed by atoms with Crippen LogP contribution in [0, 0.1) is 11.6 Å². The molecule has 184 valence electrons. The third-order valence-electron chi connectivity index (χ3n) is 6.26. The molecule has 3 aromatic carbocycles. The lowest BCUT2D eigenvalue weighted by atomic mass is 10.1. The number of aryl methyl sites for hydroxylation is 2. The number of aromatic nitrogens is 3. The van der Waals surface area contributed by atoms with Gasteiger partial charge in [-0.15, -0.1) is 0 Å². The van der Waals surface area contributed by atoms with Crippen LogP contribution in [0.1, 0.15) is 11.1 Å². The van der Waals surface area contributed by atoms with Gasteiger partial charge in [-0.05, 0) is 54.4 Å². The first-order valence-corrected chi connectivity index (χ1v) is 11.6. The highest BCUT2D eigenvalue weighted by Gasteiger charge is 2.19. The van der Waals surface area contributed by atoms with Crippen molar-refractivity contribution in [2.75, 3.05) is 14.2 Å².